The van der Waals surface area contributed by atoms with E-state index in [0.717, 1.165) is 12.8 Å². The second kappa shape index (κ2) is 2.73. The third kappa shape index (κ3) is 1.04. The van der Waals surface area contributed by atoms with Gasteiger partial charge in [0, 0.05) is 12.5 Å². The second-order valence-corrected chi connectivity index (χ2v) is 4.07. The van der Waals surface area contributed by atoms with Gasteiger partial charge >= 0.3 is 5.97 Å². The minimum atomic E-state index is -0.951. The molecule has 70 valence electrons. The third-order valence-corrected chi connectivity index (χ3v) is 3.12. The molecule has 0 aromatic heterocycles. The first-order valence-corrected chi connectivity index (χ1v) is 4.25. The number of methoxy groups -OCH3 is 1. The third-order valence-electron chi connectivity index (χ3n) is 3.12. The average molecular weight is 172 g/mol. The minimum Gasteiger partial charge on any atom is -0.479 e. The molecule has 1 atom stereocenters. The fourth-order valence-corrected chi connectivity index (χ4v) is 2.18. The molecule has 0 aromatic rings. The van der Waals surface area contributed by atoms with E-state index < -0.39 is 11.6 Å². The van der Waals surface area contributed by atoms with Crippen LogP contribution in [0.25, 0.3) is 0 Å². The number of ether oxygens (including phenoxy) is 1. The van der Waals surface area contributed by atoms with E-state index in [1.54, 1.807) is 0 Å². The van der Waals surface area contributed by atoms with Gasteiger partial charge in [-0.15, -0.1) is 0 Å². The molecular formula is C9H16O3. The number of aliphatic carboxylic acids is 1. The molecule has 0 saturated heterocycles. The van der Waals surface area contributed by atoms with Gasteiger partial charge in [0.1, 0.15) is 0 Å². The average Bonchev–Trinajstić information content (AvgIpc) is 2.25. The summed E-state index contributed by atoms with van der Waals surface area (Å²) in [5.74, 6) is -0.826. The summed E-state index contributed by atoms with van der Waals surface area (Å²) >= 11 is 0. The molecule has 3 heteroatoms. The highest BCUT2D eigenvalue weighted by Crippen LogP contribution is 2.48. The first-order chi connectivity index (χ1) is 5.46. The van der Waals surface area contributed by atoms with E-state index in [9.17, 15) is 4.79 Å². The van der Waals surface area contributed by atoms with Crippen molar-refractivity contribution in [1.82, 2.24) is 0 Å². The molecule has 1 fully saturated rings. The molecule has 12 heavy (non-hydrogen) atoms. The molecule has 1 saturated carbocycles. The van der Waals surface area contributed by atoms with Gasteiger partial charge < -0.3 is 9.84 Å². The molecule has 0 aromatic carbocycles. The molecule has 0 bridgehead atoms. The summed E-state index contributed by atoms with van der Waals surface area (Å²) in [5.41, 5.74) is -1.19. The van der Waals surface area contributed by atoms with Gasteiger partial charge in [0.15, 0.2) is 5.60 Å². The summed E-state index contributed by atoms with van der Waals surface area (Å²) in [6, 6.07) is 0. The Bertz CT molecular complexity index is 198. The summed E-state index contributed by atoms with van der Waals surface area (Å²) in [4.78, 5) is 11.0. The maximum absolute atomic E-state index is 11.0. The van der Waals surface area contributed by atoms with Gasteiger partial charge in [-0.3, -0.25) is 0 Å². The van der Waals surface area contributed by atoms with Gasteiger partial charge in [-0.2, -0.15) is 0 Å². The number of carboxylic acid groups (broad SMARTS) is 1. The molecule has 0 heterocycles. The van der Waals surface area contributed by atoms with Crippen LogP contribution < -0.4 is 0 Å². The number of hydrogen-bond donors (Lipinski definition) is 1. The standard InChI is InChI=1S/C9H16O3/c1-8(2)5-4-6-9(8,12-3)7(10)11/h4-6H2,1-3H3,(H,10,11). The zero-order valence-electron chi connectivity index (χ0n) is 7.89. The smallest absolute Gasteiger partial charge is 0.336 e. The SMILES string of the molecule is COC1(C(=O)O)CCCC1(C)C. The van der Waals surface area contributed by atoms with Crippen LogP contribution in [-0.4, -0.2) is 23.8 Å². The Labute approximate surface area is 72.7 Å². The molecule has 0 radical (unpaired) electrons. The van der Waals surface area contributed by atoms with Crippen LogP contribution in [0.3, 0.4) is 0 Å². The maximum atomic E-state index is 11.0. The van der Waals surface area contributed by atoms with Crippen LogP contribution in [0.15, 0.2) is 0 Å². The first kappa shape index (κ1) is 9.52. The highest BCUT2D eigenvalue weighted by Gasteiger charge is 2.55. The van der Waals surface area contributed by atoms with Crippen LogP contribution in [0, 0.1) is 5.41 Å². The lowest BCUT2D eigenvalue weighted by Crippen LogP contribution is -2.49. The summed E-state index contributed by atoms with van der Waals surface area (Å²) < 4.78 is 5.18. The van der Waals surface area contributed by atoms with E-state index in [1.807, 2.05) is 13.8 Å². The quantitative estimate of drug-likeness (QED) is 0.689. The summed E-state index contributed by atoms with van der Waals surface area (Å²) in [6.45, 7) is 3.91. The topological polar surface area (TPSA) is 46.5 Å². The molecular weight excluding hydrogens is 156 g/mol. The number of carbonyl (C=O) groups is 1. The van der Waals surface area contributed by atoms with Crippen molar-refractivity contribution in [3.05, 3.63) is 0 Å². The van der Waals surface area contributed by atoms with Crippen molar-refractivity contribution in [1.29, 1.82) is 0 Å². The van der Waals surface area contributed by atoms with Crippen molar-refractivity contribution in [3.63, 3.8) is 0 Å². The lowest BCUT2D eigenvalue weighted by molar-refractivity contribution is -0.174. The summed E-state index contributed by atoms with van der Waals surface area (Å²) in [6.07, 6.45) is 2.49. The molecule has 3 nitrogen and oxygen atoms in total. The van der Waals surface area contributed by atoms with Crippen LogP contribution in [0.1, 0.15) is 33.1 Å². The minimum absolute atomic E-state index is 0.242. The Balaban J connectivity index is 3.00. The molecule has 1 aliphatic carbocycles. The zero-order chi connectivity index (χ0) is 9.41. The van der Waals surface area contributed by atoms with Crippen molar-refractivity contribution in [3.8, 4) is 0 Å². The molecule has 1 aliphatic rings. The Morgan fingerprint density at radius 1 is 1.42 bits per heavy atom. The zero-order valence-corrected chi connectivity index (χ0v) is 7.89. The van der Waals surface area contributed by atoms with E-state index >= 15 is 0 Å². The van der Waals surface area contributed by atoms with E-state index in [4.69, 9.17) is 9.84 Å². The summed E-state index contributed by atoms with van der Waals surface area (Å²) in [5, 5.41) is 9.07. The maximum Gasteiger partial charge on any atom is 0.336 e. The van der Waals surface area contributed by atoms with E-state index in [-0.39, 0.29) is 5.41 Å². The molecule has 1 rings (SSSR count). The van der Waals surface area contributed by atoms with Crippen molar-refractivity contribution >= 4 is 5.97 Å². The van der Waals surface area contributed by atoms with E-state index in [2.05, 4.69) is 0 Å². The van der Waals surface area contributed by atoms with Gasteiger partial charge in [-0.05, 0) is 19.3 Å². The van der Waals surface area contributed by atoms with Crippen molar-refractivity contribution in [2.45, 2.75) is 38.7 Å². The highest BCUT2D eigenvalue weighted by atomic mass is 16.5. The Morgan fingerprint density at radius 3 is 2.17 bits per heavy atom. The van der Waals surface area contributed by atoms with Crippen LogP contribution in [0.4, 0.5) is 0 Å². The van der Waals surface area contributed by atoms with Crippen molar-refractivity contribution in [2.24, 2.45) is 5.41 Å². The lowest BCUT2D eigenvalue weighted by atomic mass is 9.77. The predicted molar refractivity (Wildman–Crippen MR) is 45.0 cm³/mol. The van der Waals surface area contributed by atoms with Gasteiger partial charge in [0.05, 0.1) is 0 Å². The van der Waals surface area contributed by atoms with E-state index in [1.165, 1.54) is 7.11 Å². The van der Waals surface area contributed by atoms with Crippen LogP contribution >= 0.6 is 0 Å². The first-order valence-electron chi connectivity index (χ1n) is 4.25. The number of rotatable bonds is 2. The normalized spacial score (nSPS) is 33.6. The van der Waals surface area contributed by atoms with Crippen molar-refractivity contribution in [2.75, 3.05) is 7.11 Å². The largest absolute Gasteiger partial charge is 0.479 e. The van der Waals surface area contributed by atoms with Gasteiger partial charge in [-0.1, -0.05) is 13.8 Å². The number of hydrogen-bond acceptors (Lipinski definition) is 2. The fourth-order valence-electron chi connectivity index (χ4n) is 2.18. The van der Waals surface area contributed by atoms with E-state index in [0.29, 0.717) is 6.42 Å². The lowest BCUT2D eigenvalue weighted by Gasteiger charge is -2.36. The molecule has 1 unspecified atom stereocenters. The highest BCUT2D eigenvalue weighted by molar-refractivity contribution is 5.79. The Morgan fingerprint density at radius 2 is 2.00 bits per heavy atom. The van der Waals surface area contributed by atoms with Gasteiger partial charge in [-0.25, -0.2) is 4.79 Å². The Hall–Kier alpha value is -0.570. The van der Waals surface area contributed by atoms with Gasteiger partial charge in [0.25, 0.3) is 0 Å². The predicted octanol–water partition coefficient (Wildman–Crippen LogP) is 1.67. The summed E-state index contributed by atoms with van der Waals surface area (Å²) in [7, 11) is 1.49. The van der Waals surface area contributed by atoms with Crippen LogP contribution in [0.5, 0.6) is 0 Å². The fraction of sp³-hybridized carbons (Fsp3) is 0.889. The monoisotopic (exact) mass is 172 g/mol. The molecule has 1 N–H and O–H groups in total. The number of carboxylic acids is 1. The second-order valence-electron chi connectivity index (χ2n) is 4.07. The Kier molecular flexibility index (Phi) is 2.17. The molecule has 0 aliphatic heterocycles. The van der Waals surface area contributed by atoms with Gasteiger partial charge in [0.2, 0.25) is 0 Å². The molecule has 0 amide bonds. The van der Waals surface area contributed by atoms with Crippen molar-refractivity contribution < 1.29 is 14.6 Å². The molecule has 0 spiro atoms. The van der Waals surface area contributed by atoms with Crippen LogP contribution in [0.2, 0.25) is 0 Å². The van der Waals surface area contributed by atoms with Crippen LogP contribution in [-0.2, 0) is 9.53 Å².